The molecule has 0 radical (unpaired) electrons. The summed E-state index contributed by atoms with van der Waals surface area (Å²) >= 11 is 0. The fourth-order valence-electron chi connectivity index (χ4n) is 4.80. The molecule has 0 bridgehead atoms. The van der Waals surface area contributed by atoms with Crippen molar-refractivity contribution in [1.82, 2.24) is 10.1 Å². The lowest BCUT2D eigenvalue weighted by Crippen LogP contribution is -2.51. The molecule has 2 aromatic rings. The normalized spacial score (nSPS) is 17.3. The van der Waals surface area contributed by atoms with Gasteiger partial charge in [-0.05, 0) is 75.6 Å². The van der Waals surface area contributed by atoms with Crippen molar-refractivity contribution in [2.45, 2.75) is 75.3 Å². The van der Waals surface area contributed by atoms with Crippen LogP contribution in [-0.2, 0) is 0 Å². The number of anilines is 2. The topological polar surface area (TPSA) is 153 Å². The van der Waals surface area contributed by atoms with Gasteiger partial charge in [0.15, 0.2) is 11.1 Å². The predicted octanol–water partition coefficient (Wildman–Crippen LogP) is 6.27. The Morgan fingerprint density at radius 3 is 1.24 bits per heavy atom. The van der Waals surface area contributed by atoms with Gasteiger partial charge in [-0.3, -0.25) is 10.4 Å². The van der Waals surface area contributed by atoms with Crippen molar-refractivity contribution in [2.75, 3.05) is 10.6 Å². The predicted molar refractivity (Wildman–Crippen MR) is 141 cm³/mol. The van der Waals surface area contributed by atoms with Gasteiger partial charge in [-0.15, -0.1) is 0 Å². The third-order valence-corrected chi connectivity index (χ3v) is 7.02. The van der Waals surface area contributed by atoms with Gasteiger partial charge < -0.3 is 10.6 Å². The quantitative estimate of drug-likeness (QED) is 0.276. The highest BCUT2D eigenvalue weighted by atomic mass is 16.5. The molecule has 0 aromatic heterocycles. The molecule has 0 saturated heterocycles. The van der Waals surface area contributed by atoms with Crippen LogP contribution in [0.1, 0.15) is 64.2 Å². The molecule has 2 aliphatic carbocycles. The first-order valence-corrected chi connectivity index (χ1v) is 12.9. The molecule has 38 heavy (non-hydrogen) atoms. The average molecular weight is 519 g/mol. The van der Waals surface area contributed by atoms with Crippen LogP contribution >= 0.6 is 0 Å². The average Bonchev–Trinajstić information content (AvgIpc) is 2.98. The van der Waals surface area contributed by atoms with E-state index in [0.29, 0.717) is 47.2 Å². The lowest BCUT2D eigenvalue weighted by Gasteiger charge is -2.36. The van der Waals surface area contributed by atoms with Crippen LogP contribution in [0.25, 0.3) is 0 Å². The Morgan fingerprint density at radius 2 is 0.947 bits per heavy atom. The van der Waals surface area contributed by atoms with E-state index in [9.17, 15) is 30.5 Å². The van der Waals surface area contributed by atoms with E-state index < -0.39 is 23.1 Å². The van der Waals surface area contributed by atoms with Gasteiger partial charge >= 0.3 is 12.1 Å². The standard InChI is InChI=1S/2C14H17N3O2/c2*15-11-14(9-5-2-6-10-14)17(19)13(18)16-12-7-3-1-4-8-12/h2*1,3-4,7-8,19H,2,5-6,9-10H2,(H,16,18). The molecular formula is C28H34N6O4. The van der Waals surface area contributed by atoms with Crippen LogP contribution in [0, 0.1) is 22.7 Å². The highest BCUT2D eigenvalue weighted by molar-refractivity contribution is 5.89. The molecule has 2 fully saturated rings. The summed E-state index contributed by atoms with van der Waals surface area (Å²) in [6.07, 6.45) is 7.54. The van der Waals surface area contributed by atoms with E-state index in [4.69, 9.17) is 0 Å². The molecule has 2 aromatic carbocycles. The van der Waals surface area contributed by atoms with Crippen LogP contribution in [-0.4, -0.2) is 43.7 Å². The third-order valence-electron chi connectivity index (χ3n) is 7.02. The molecule has 0 atom stereocenters. The first kappa shape index (κ1) is 28.5. The van der Waals surface area contributed by atoms with Crippen molar-refractivity contribution in [1.29, 1.82) is 10.5 Å². The number of amides is 4. The smallest absolute Gasteiger partial charge is 0.306 e. The SMILES string of the molecule is N#CC1(N(O)C(=O)Nc2ccccc2)CCCCC1.N#CC1(N(O)C(=O)Nc2ccccc2)CCCCC1. The Balaban J connectivity index is 0.000000211. The van der Waals surface area contributed by atoms with Crippen molar-refractivity contribution in [3.63, 3.8) is 0 Å². The lowest BCUT2D eigenvalue weighted by molar-refractivity contribution is -0.112. The molecule has 4 rings (SSSR count). The molecule has 0 aliphatic heterocycles. The Hall–Kier alpha value is -4.12. The fourth-order valence-corrected chi connectivity index (χ4v) is 4.80. The van der Waals surface area contributed by atoms with Gasteiger partial charge in [0.25, 0.3) is 0 Å². The van der Waals surface area contributed by atoms with Crippen molar-refractivity contribution in [2.24, 2.45) is 0 Å². The maximum absolute atomic E-state index is 12.0. The summed E-state index contributed by atoms with van der Waals surface area (Å²) in [4.78, 5) is 24.0. The van der Waals surface area contributed by atoms with E-state index in [1.165, 1.54) is 0 Å². The van der Waals surface area contributed by atoms with Crippen molar-refractivity contribution in [3.8, 4) is 12.1 Å². The minimum Gasteiger partial charge on any atom is -0.306 e. The zero-order chi connectivity index (χ0) is 27.4. The maximum atomic E-state index is 12.0. The summed E-state index contributed by atoms with van der Waals surface area (Å²) in [6.45, 7) is 0. The van der Waals surface area contributed by atoms with Crippen molar-refractivity contribution >= 4 is 23.4 Å². The molecule has 4 N–H and O–H groups in total. The van der Waals surface area contributed by atoms with E-state index in [0.717, 1.165) is 38.5 Å². The number of carbonyl (C=O) groups is 2. The van der Waals surface area contributed by atoms with Crippen LogP contribution in [0.5, 0.6) is 0 Å². The molecule has 0 unspecified atom stereocenters. The number of urea groups is 2. The summed E-state index contributed by atoms with van der Waals surface area (Å²) in [5.74, 6) is 0. The third kappa shape index (κ3) is 7.00. The number of nitrogens with one attached hydrogen (secondary N) is 2. The first-order valence-electron chi connectivity index (χ1n) is 12.9. The minimum atomic E-state index is -1.09. The number of rotatable bonds is 4. The fraction of sp³-hybridized carbons (Fsp3) is 0.429. The number of nitriles is 2. The zero-order valence-corrected chi connectivity index (χ0v) is 21.3. The van der Waals surface area contributed by atoms with Crippen molar-refractivity contribution in [3.05, 3.63) is 60.7 Å². The second kappa shape index (κ2) is 13.4. The van der Waals surface area contributed by atoms with Gasteiger partial charge in [0.1, 0.15) is 0 Å². The van der Waals surface area contributed by atoms with Crippen LogP contribution in [0.3, 0.4) is 0 Å². The number of nitrogens with zero attached hydrogens (tertiary/aromatic N) is 4. The Bertz CT molecular complexity index is 1040. The molecule has 10 heteroatoms. The molecule has 2 saturated carbocycles. The second-order valence-corrected chi connectivity index (χ2v) is 9.62. The largest absolute Gasteiger partial charge is 0.347 e. The van der Waals surface area contributed by atoms with E-state index in [1.807, 2.05) is 12.1 Å². The number of hydrogen-bond donors (Lipinski definition) is 4. The lowest BCUT2D eigenvalue weighted by atomic mass is 9.82. The maximum Gasteiger partial charge on any atom is 0.347 e. The van der Waals surface area contributed by atoms with Crippen LogP contribution in [0.15, 0.2) is 60.7 Å². The van der Waals surface area contributed by atoms with Gasteiger partial charge in [-0.2, -0.15) is 20.7 Å². The molecule has 10 nitrogen and oxygen atoms in total. The van der Waals surface area contributed by atoms with Crippen molar-refractivity contribution < 1.29 is 20.0 Å². The summed E-state index contributed by atoms with van der Waals surface area (Å²) in [5.41, 5.74) is -0.986. The Kier molecular flexibility index (Phi) is 10.1. The molecular weight excluding hydrogens is 484 g/mol. The van der Waals surface area contributed by atoms with Gasteiger partial charge in [0, 0.05) is 11.4 Å². The number of benzene rings is 2. The molecule has 4 amide bonds. The van der Waals surface area contributed by atoms with E-state index in [1.54, 1.807) is 48.5 Å². The van der Waals surface area contributed by atoms with Gasteiger partial charge in [0.05, 0.1) is 12.1 Å². The first-order chi connectivity index (χ1) is 18.4. The highest BCUT2D eigenvalue weighted by Crippen LogP contribution is 2.33. The molecule has 0 heterocycles. The van der Waals surface area contributed by atoms with E-state index in [2.05, 4.69) is 22.8 Å². The summed E-state index contributed by atoms with van der Waals surface area (Å²) < 4.78 is 0. The Morgan fingerprint density at radius 1 is 0.632 bits per heavy atom. The number of para-hydroxylation sites is 2. The molecule has 0 spiro atoms. The monoisotopic (exact) mass is 518 g/mol. The molecule has 200 valence electrons. The Labute approximate surface area is 223 Å². The van der Waals surface area contributed by atoms with Gasteiger partial charge in [-0.1, -0.05) is 49.2 Å². The van der Waals surface area contributed by atoms with E-state index >= 15 is 0 Å². The van der Waals surface area contributed by atoms with Gasteiger partial charge in [-0.25, -0.2) is 9.59 Å². The highest BCUT2D eigenvalue weighted by Gasteiger charge is 2.42. The van der Waals surface area contributed by atoms with E-state index in [-0.39, 0.29) is 0 Å². The van der Waals surface area contributed by atoms with Crippen LogP contribution in [0.4, 0.5) is 21.0 Å². The number of hydrogen-bond acceptors (Lipinski definition) is 6. The summed E-state index contributed by atoms with van der Waals surface area (Å²) in [7, 11) is 0. The second-order valence-electron chi connectivity index (χ2n) is 9.62. The summed E-state index contributed by atoms with van der Waals surface area (Å²) in [5, 5.41) is 45.0. The van der Waals surface area contributed by atoms with Crippen LogP contribution < -0.4 is 10.6 Å². The summed E-state index contributed by atoms with van der Waals surface area (Å²) in [6, 6.07) is 20.6. The minimum absolute atomic E-state index is 0.516. The zero-order valence-electron chi connectivity index (χ0n) is 21.3. The number of carbonyl (C=O) groups excluding carboxylic acids is 2. The molecule has 2 aliphatic rings. The van der Waals surface area contributed by atoms with Crippen LogP contribution in [0.2, 0.25) is 0 Å². The number of hydroxylamine groups is 4. The van der Waals surface area contributed by atoms with Gasteiger partial charge in [0.2, 0.25) is 0 Å².